The zero-order chi connectivity index (χ0) is 30.8. The number of benzene rings is 2. The van der Waals surface area contributed by atoms with E-state index in [9.17, 15) is 9.59 Å². The number of nitrogens with zero attached hydrogens (tertiary/aromatic N) is 8. The van der Waals surface area contributed by atoms with Gasteiger partial charge < -0.3 is 15.0 Å². The summed E-state index contributed by atoms with van der Waals surface area (Å²) in [4.78, 5) is 35.4. The van der Waals surface area contributed by atoms with Crippen LogP contribution < -0.4 is 15.6 Å². The average molecular weight is 598 g/mol. The molecule has 1 aliphatic heterocycles. The number of hydrogen-bond acceptors (Lipinski definition) is 8. The number of likely N-dealkylation sites (N-methyl/N-ethyl adjacent to an activating group) is 1. The summed E-state index contributed by atoms with van der Waals surface area (Å²) >= 11 is 0. The molecule has 44 heavy (non-hydrogen) atoms. The molecule has 0 radical (unpaired) electrons. The number of para-hydroxylation sites is 1. The molecule has 2 aromatic carbocycles. The second-order valence-corrected chi connectivity index (χ2v) is 10.7. The van der Waals surface area contributed by atoms with Crippen LogP contribution in [0.5, 0.6) is 11.5 Å². The number of pyridine rings is 1. The van der Waals surface area contributed by atoms with Crippen LogP contribution in [-0.4, -0.2) is 78.0 Å². The lowest BCUT2D eigenvalue weighted by Gasteiger charge is -2.32. The quantitative estimate of drug-likeness (QED) is 0.289. The molecular weight excluding hydrogens is 565 g/mol. The highest BCUT2D eigenvalue weighted by Gasteiger charge is 2.23. The highest BCUT2D eigenvalue weighted by molar-refractivity contribution is 6.05. The number of amides is 1. The molecule has 4 heterocycles. The fourth-order valence-corrected chi connectivity index (χ4v) is 5.17. The molecule has 226 valence electrons. The number of piperazine rings is 1. The van der Waals surface area contributed by atoms with E-state index >= 15 is 4.39 Å². The fourth-order valence-electron chi connectivity index (χ4n) is 5.17. The first-order chi connectivity index (χ1) is 21.3. The summed E-state index contributed by atoms with van der Waals surface area (Å²) < 4.78 is 26.0. The zero-order valence-electron chi connectivity index (χ0n) is 24.6. The first kappa shape index (κ1) is 29.0. The van der Waals surface area contributed by atoms with E-state index < -0.39 is 17.3 Å². The van der Waals surface area contributed by atoms with Gasteiger partial charge in [0.05, 0.1) is 18.1 Å². The average Bonchev–Trinajstić information content (AvgIpc) is 3.57. The summed E-state index contributed by atoms with van der Waals surface area (Å²) in [6, 6.07) is 16.4. The Balaban J connectivity index is 1.16. The van der Waals surface area contributed by atoms with E-state index in [1.807, 2.05) is 22.8 Å². The van der Waals surface area contributed by atoms with Crippen LogP contribution in [0.4, 0.5) is 10.1 Å². The zero-order valence-corrected chi connectivity index (χ0v) is 24.6. The van der Waals surface area contributed by atoms with Crippen LogP contribution >= 0.6 is 0 Å². The maximum atomic E-state index is 15.2. The predicted octanol–water partition coefficient (Wildman–Crippen LogP) is 3.53. The normalized spacial score (nSPS) is 14.1. The SMILES string of the molecule is Cc1c(C(=O)Nc2ccc(Oc3ccnc(-c4nncn4CN4CCN(C)CC4)c3)c(F)c2)c(=O)n(-c2ccccc2)n1C. The van der Waals surface area contributed by atoms with E-state index in [1.165, 1.54) is 16.8 Å². The number of rotatable bonds is 8. The van der Waals surface area contributed by atoms with E-state index in [4.69, 9.17) is 4.74 Å². The number of halogens is 1. The lowest BCUT2D eigenvalue weighted by Crippen LogP contribution is -2.44. The summed E-state index contributed by atoms with van der Waals surface area (Å²) in [5, 5.41) is 11.0. The first-order valence-corrected chi connectivity index (χ1v) is 14.2. The molecule has 1 amide bonds. The summed E-state index contributed by atoms with van der Waals surface area (Å²) in [6.45, 7) is 6.19. The van der Waals surface area contributed by atoms with Gasteiger partial charge in [0.1, 0.15) is 23.3 Å². The van der Waals surface area contributed by atoms with Crippen LogP contribution in [-0.2, 0) is 13.7 Å². The van der Waals surface area contributed by atoms with Crippen LogP contribution in [0, 0.1) is 12.7 Å². The first-order valence-electron chi connectivity index (χ1n) is 14.2. The Hall–Kier alpha value is -5.14. The Labute approximate surface area is 252 Å². The van der Waals surface area contributed by atoms with Crippen molar-refractivity contribution in [3.8, 4) is 28.7 Å². The fraction of sp³-hybridized carbons (Fsp3) is 0.258. The second kappa shape index (κ2) is 12.2. The van der Waals surface area contributed by atoms with Crippen LogP contribution in [0.25, 0.3) is 17.2 Å². The van der Waals surface area contributed by atoms with Crippen molar-refractivity contribution in [3.05, 3.63) is 101 Å². The number of nitrogens with one attached hydrogen (secondary N) is 1. The van der Waals surface area contributed by atoms with Crippen molar-refractivity contribution < 1.29 is 13.9 Å². The van der Waals surface area contributed by atoms with Crippen LogP contribution in [0.1, 0.15) is 16.1 Å². The molecule has 0 bridgehead atoms. The number of ether oxygens (including phenoxy) is 1. The van der Waals surface area contributed by atoms with E-state index in [1.54, 1.807) is 55.4 Å². The predicted molar refractivity (Wildman–Crippen MR) is 162 cm³/mol. The molecule has 5 aromatic rings. The number of carbonyl (C=O) groups excluding carboxylic acids is 1. The molecule has 1 fully saturated rings. The Morgan fingerprint density at radius 3 is 2.55 bits per heavy atom. The lowest BCUT2D eigenvalue weighted by molar-refractivity contribution is 0.102. The number of hydrogen-bond donors (Lipinski definition) is 1. The number of anilines is 1. The van der Waals surface area contributed by atoms with Crippen molar-refractivity contribution >= 4 is 11.6 Å². The van der Waals surface area contributed by atoms with Crippen LogP contribution in [0.2, 0.25) is 0 Å². The summed E-state index contributed by atoms with van der Waals surface area (Å²) in [6.07, 6.45) is 3.24. The largest absolute Gasteiger partial charge is 0.454 e. The molecular formula is C31H32FN9O3. The topological polar surface area (TPSA) is 115 Å². The molecule has 0 aliphatic carbocycles. The molecule has 0 saturated carbocycles. The Bertz CT molecular complexity index is 1860. The Morgan fingerprint density at radius 2 is 1.80 bits per heavy atom. The van der Waals surface area contributed by atoms with Gasteiger partial charge in [0.15, 0.2) is 17.4 Å². The molecule has 13 heteroatoms. The van der Waals surface area contributed by atoms with Gasteiger partial charge in [-0.1, -0.05) is 18.2 Å². The third-order valence-corrected chi connectivity index (χ3v) is 7.72. The van der Waals surface area contributed by atoms with Crippen molar-refractivity contribution in [1.82, 2.24) is 38.9 Å². The van der Waals surface area contributed by atoms with E-state index in [2.05, 4.69) is 37.3 Å². The van der Waals surface area contributed by atoms with Gasteiger partial charge in [0.25, 0.3) is 11.5 Å². The molecule has 0 atom stereocenters. The highest BCUT2D eigenvalue weighted by Crippen LogP contribution is 2.29. The molecule has 1 N–H and O–H groups in total. The third kappa shape index (κ3) is 5.87. The second-order valence-electron chi connectivity index (χ2n) is 10.7. The molecule has 1 saturated heterocycles. The molecule has 6 rings (SSSR count). The van der Waals surface area contributed by atoms with Gasteiger partial charge in [-0.25, -0.2) is 9.07 Å². The van der Waals surface area contributed by atoms with Crippen molar-refractivity contribution in [2.45, 2.75) is 13.6 Å². The lowest BCUT2D eigenvalue weighted by atomic mass is 10.2. The van der Waals surface area contributed by atoms with Gasteiger partial charge in [0.2, 0.25) is 0 Å². The molecule has 0 unspecified atom stereocenters. The van der Waals surface area contributed by atoms with E-state index in [0.717, 1.165) is 32.2 Å². The maximum Gasteiger partial charge on any atom is 0.284 e. The summed E-state index contributed by atoms with van der Waals surface area (Å²) in [5.74, 6) is -0.422. The van der Waals surface area contributed by atoms with Gasteiger partial charge >= 0.3 is 0 Å². The van der Waals surface area contributed by atoms with Gasteiger partial charge in [0, 0.05) is 57.2 Å². The van der Waals surface area contributed by atoms with E-state index in [0.29, 0.717) is 35.3 Å². The third-order valence-electron chi connectivity index (χ3n) is 7.72. The van der Waals surface area contributed by atoms with Gasteiger partial charge in [-0.15, -0.1) is 10.2 Å². The highest BCUT2D eigenvalue weighted by atomic mass is 19.1. The monoisotopic (exact) mass is 597 g/mol. The van der Waals surface area contributed by atoms with Crippen LogP contribution in [0.3, 0.4) is 0 Å². The minimum absolute atomic E-state index is 0.0260. The minimum atomic E-state index is -0.689. The summed E-state index contributed by atoms with van der Waals surface area (Å²) in [7, 11) is 3.81. The Morgan fingerprint density at radius 1 is 1.02 bits per heavy atom. The van der Waals surface area contributed by atoms with Gasteiger partial charge in [-0.05, 0) is 44.3 Å². The van der Waals surface area contributed by atoms with Gasteiger partial charge in [-0.2, -0.15) is 0 Å². The standard InChI is InChI=1S/C31H32FN9O3/c1-21-28(31(43)41(38(21)3)23-7-5-4-6-8-23)30(42)35-22-9-10-27(25(32)17-22)44-24-11-12-33-26(18-24)29-36-34-19-40(29)20-39-15-13-37(2)14-16-39/h4-12,17-19H,13-16,20H2,1-3H3,(H,35,42). The van der Waals surface area contributed by atoms with Crippen LogP contribution in [0.15, 0.2) is 78.0 Å². The molecule has 0 spiro atoms. The van der Waals surface area contributed by atoms with Crippen molar-refractivity contribution in [1.29, 1.82) is 0 Å². The van der Waals surface area contributed by atoms with Crippen molar-refractivity contribution in [2.75, 3.05) is 38.5 Å². The smallest absolute Gasteiger partial charge is 0.284 e. The number of aromatic nitrogens is 6. The minimum Gasteiger partial charge on any atom is -0.454 e. The summed E-state index contributed by atoms with van der Waals surface area (Å²) in [5.41, 5.74) is 1.33. The van der Waals surface area contributed by atoms with Crippen molar-refractivity contribution in [3.63, 3.8) is 0 Å². The Kier molecular flexibility index (Phi) is 8.05. The van der Waals surface area contributed by atoms with Gasteiger partial charge in [-0.3, -0.25) is 28.7 Å². The molecule has 12 nitrogen and oxygen atoms in total. The molecule has 3 aromatic heterocycles. The maximum absolute atomic E-state index is 15.2. The van der Waals surface area contributed by atoms with Crippen molar-refractivity contribution in [2.24, 2.45) is 7.05 Å². The number of carbonyl (C=O) groups is 1. The molecule has 1 aliphatic rings. The van der Waals surface area contributed by atoms with E-state index in [-0.39, 0.29) is 17.0 Å².